The van der Waals surface area contributed by atoms with Gasteiger partial charge in [-0.1, -0.05) is 32.6 Å². The minimum atomic E-state index is -3.74. The second kappa shape index (κ2) is 7.86. The van der Waals surface area contributed by atoms with Crippen LogP contribution in [0.4, 0.5) is 17.6 Å². The molecule has 0 aromatic heterocycles. The van der Waals surface area contributed by atoms with Gasteiger partial charge in [-0.05, 0) is 40.6 Å². The van der Waals surface area contributed by atoms with Gasteiger partial charge in [0.25, 0.3) is 0 Å². The van der Waals surface area contributed by atoms with Gasteiger partial charge in [-0.25, -0.2) is 8.78 Å². The third kappa shape index (κ3) is 5.10. The van der Waals surface area contributed by atoms with Gasteiger partial charge in [-0.15, -0.1) is 0 Å². The van der Waals surface area contributed by atoms with Crippen molar-refractivity contribution in [1.29, 1.82) is 0 Å². The first-order chi connectivity index (χ1) is 10.8. The largest absolute Gasteiger partial charge is 0.493 e. The SMILES string of the molecule is CCCC1CCC(COc2cc(F)c(C(F)(F)Br)c(F)c2)CC1. The zero-order valence-corrected chi connectivity index (χ0v) is 14.6. The summed E-state index contributed by atoms with van der Waals surface area (Å²) >= 11 is 1.98. The Morgan fingerprint density at radius 2 is 1.61 bits per heavy atom. The molecule has 2 rings (SSSR count). The van der Waals surface area contributed by atoms with E-state index in [2.05, 4.69) is 6.92 Å². The standard InChI is InChI=1S/C17H21BrF4O/c1-2-3-11-4-6-12(7-5-11)10-23-13-8-14(19)16(15(20)9-13)17(18,21)22/h8-9,11-12H,2-7,10H2,1H3. The fourth-order valence-electron chi connectivity index (χ4n) is 3.21. The summed E-state index contributed by atoms with van der Waals surface area (Å²) < 4.78 is 58.9. The van der Waals surface area contributed by atoms with Crippen LogP contribution in [0.5, 0.6) is 5.75 Å². The Balaban J connectivity index is 1.92. The summed E-state index contributed by atoms with van der Waals surface area (Å²) in [6, 6.07) is 1.63. The molecule has 0 N–H and O–H groups in total. The summed E-state index contributed by atoms with van der Waals surface area (Å²) in [6.45, 7) is 2.54. The summed E-state index contributed by atoms with van der Waals surface area (Å²) in [5.74, 6) is -1.55. The molecule has 1 aliphatic carbocycles. The van der Waals surface area contributed by atoms with Crippen LogP contribution in [0.25, 0.3) is 0 Å². The molecular formula is C17H21BrF4O. The fraction of sp³-hybridized carbons (Fsp3) is 0.647. The summed E-state index contributed by atoms with van der Waals surface area (Å²) in [6.07, 6.45) is 6.81. The van der Waals surface area contributed by atoms with Crippen molar-refractivity contribution in [3.05, 3.63) is 29.3 Å². The Kier molecular flexibility index (Phi) is 6.34. The molecule has 0 spiro atoms. The zero-order chi connectivity index (χ0) is 17.0. The van der Waals surface area contributed by atoms with Gasteiger partial charge >= 0.3 is 4.83 Å². The van der Waals surface area contributed by atoms with Crippen LogP contribution in [0.15, 0.2) is 12.1 Å². The lowest BCUT2D eigenvalue weighted by Gasteiger charge is -2.28. The van der Waals surface area contributed by atoms with Crippen LogP contribution in [0, 0.1) is 23.5 Å². The lowest BCUT2D eigenvalue weighted by Crippen LogP contribution is -2.20. The van der Waals surface area contributed by atoms with Crippen LogP contribution >= 0.6 is 15.9 Å². The van der Waals surface area contributed by atoms with Crippen LogP contribution in [-0.2, 0) is 4.83 Å². The van der Waals surface area contributed by atoms with Crippen molar-refractivity contribution in [2.45, 2.75) is 50.3 Å². The van der Waals surface area contributed by atoms with Crippen LogP contribution < -0.4 is 4.74 Å². The molecule has 1 aromatic carbocycles. The highest BCUT2D eigenvalue weighted by Gasteiger charge is 2.35. The highest BCUT2D eigenvalue weighted by atomic mass is 79.9. The van der Waals surface area contributed by atoms with Crippen molar-refractivity contribution in [2.75, 3.05) is 6.61 Å². The Bertz CT molecular complexity index is 499. The van der Waals surface area contributed by atoms with E-state index in [0.717, 1.165) is 43.7 Å². The average Bonchev–Trinajstić information content (AvgIpc) is 2.44. The number of benzene rings is 1. The van der Waals surface area contributed by atoms with E-state index in [1.807, 2.05) is 15.9 Å². The first-order valence-electron chi connectivity index (χ1n) is 8.00. The summed E-state index contributed by atoms with van der Waals surface area (Å²) in [7, 11) is 0. The van der Waals surface area contributed by atoms with Gasteiger partial charge in [0.15, 0.2) is 0 Å². The Labute approximate surface area is 142 Å². The second-order valence-electron chi connectivity index (χ2n) is 6.25. The molecule has 1 aliphatic rings. The van der Waals surface area contributed by atoms with E-state index in [1.165, 1.54) is 12.8 Å². The molecule has 0 saturated heterocycles. The molecular weight excluding hydrogens is 376 g/mol. The van der Waals surface area contributed by atoms with E-state index in [0.29, 0.717) is 12.5 Å². The van der Waals surface area contributed by atoms with Crippen molar-refractivity contribution < 1.29 is 22.3 Å². The van der Waals surface area contributed by atoms with E-state index in [-0.39, 0.29) is 5.75 Å². The maximum absolute atomic E-state index is 13.7. The highest BCUT2D eigenvalue weighted by Crippen LogP contribution is 2.39. The first kappa shape index (κ1) is 18.6. The first-order valence-corrected chi connectivity index (χ1v) is 8.79. The highest BCUT2D eigenvalue weighted by molar-refractivity contribution is 9.09. The van der Waals surface area contributed by atoms with Gasteiger partial charge in [-0.2, -0.15) is 8.78 Å². The quantitative estimate of drug-likeness (QED) is 0.399. The third-order valence-electron chi connectivity index (χ3n) is 4.45. The number of rotatable bonds is 6. The maximum Gasteiger partial charge on any atom is 0.332 e. The average molecular weight is 397 g/mol. The summed E-state index contributed by atoms with van der Waals surface area (Å²) in [5.41, 5.74) is -1.29. The minimum absolute atomic E-state index is 0.0452. The molecule has 1 fully saturated rings. The van der Waals surface area contributed by atoms with Crippen molar-refractivity contribution in [3.8, 4) is 5.75 Å². The number of halogens is 5. The van der Waals surface area contributed by atoms with Gasteiger partial charge in [0.1, 0.15) is 22.9 Å². The fourth-order valence-corrected chi connectivity index (χ4v) is 3.59. The predicted octanol–water partition coefficient (Wildman–Crippen LogP) is 6.39. The van der Waals surface area contributed by atoms with Gasteiger partial charge < -0.3 is 4.74 Å². The number of alkyl halides is 3. The van der Waals surface area contributed by atoms with E-state index < -0.39 is 22.0 Å². The van der Waals surface area contributed by atoms with E-state index in [1.54, 1.807) is 0 Å². The summed E-state index contributed by atoms with van der Waals surface area (Å²) in [5, 5.41) is 0. The predicted molar refractivity (Wildman–Crippen MR) is 85.0 cm³/mol. The lowest BCUT2D eigenvalue weighted by atomic mass is 9.80. The van der Waals surface area contributed by atoms with Crippen LogP contribution in [-0.4, -0.2) is 6.61 Å². The van der Waals surface area contributed by atoms with E-state index >= 15 is 0 Å². The molecule has 6 heteroatoms. The smallest absolute Gasteiger partial charge is 0.332 e. The molecule has 0 amide bonds. The van der Waals surface area contributed by atoms with Crippen LogP contribution in [0.3, 0.4) is 0 Å². The second-order valence-corrected chi connectivity index (χ2v) is 7.24. The summed E-state index contributed by atoms with van der Waals surface area (Å²) in [4.78, 5) is -3.74. The molecule has 0 heterocycles. The number of hydrogen-bond donors (Lipinski definition) is 0. The topological polar surface area (TPSA) is 9.23 Å². The monoisotopic (exact) mass is 396 g/mol. The van der Waals surface area contributed by atoms with E-state index in [9.17, 15) is 17.6 Å². The van der Waals surface area contributed by atoms with E-state index in [4.69, 9.17) is 4.74 Å². The molecule has 0 atom stereocenters. The Morgan fingerprint density at radius 1 is 1.09 bits per heavy atom. The van der Waals surface area contributed by atoms with Gasteiger partial charge in [0.2, 0.25) is 0 Å². The van der Waals surface area contributed by atoms with Gasteiger partial charge in [-0.3, -0.25) is 0 Å². The van der Waals surface area contributed by atoms with Crippen LogP contribution in [0.2, 0.25) is 0 Å². The molecule has 130 valence electrons. The van der Waals surface area contributed by atoms with Crippen molar-refractivity contribution >= 4 is 15.9 Å². The van der Waals surface area contributed by atoms with Crippen LogP contribution in [0.1, 0.15) is 51.0 Å². The molecule has 0 aliphatic heterocycles. The molecule has 0 radical (unpaired) electrons. The van der Waals surface area contributed by atoms with Gasteiger partial charge in [0, 0.05) is 12.1 Å². The van der Waals surface area contributed by atoms with Gasteiger partial charge in [0.05, 0.1) is 6.61 Å². The molecule has 1 aromatic rings. The zero-order valence-electron chi connectivity index (χ0n) is 13.1. The Morgan fingerprint density at radius 3 is 2.09 bits per heavy atom. The lowest BCUT2D eigenvalue weighted by molar-refractivity contribution is 0.104. The molecule has 0 bridgehead atoms. The maximum atomic E-state index is 13.7. The van der Waals surface area contributed by atoms with Crippen molar-refractivity contribution in [1.82, 2.24) is 0 Å². The van der Waals surface area contributed by atoms with Crippen molar-refractivity contribution in [3.63, 3.8) is 0 Å². The number of ether oxygens (including phenoxy) is 1. The number of hydrogen-bond acceptors (Lipinski definition) is 1. The Hall–Kier alpha value is -0.780. The van der Waals surface area contributed by atoms with Crippen molar-refractivity contribution in [2.24, 2.45) is 11.8 Å². The molecule has 1 nitrogen and oxygen atoms in total. The molecule has 0 unspecified atom stereocenters. The normalized spacial score (nSPS) is 22.2. The molecule has 1 saturated carbocycles. The third-order valence-corrected chi connectivity index (χ3v) is 4.84. The minimum Gasteiger partial charge on any atom is -0.493 e. The molecule has 23 heavy (non-hydrogen) atoms.